The average molecular weight is 455 g/mol. The molecule has 1 atom stereocenters. The lowest BCUT2D eigenvalue weighted by molar-refractivity contribution is -0.139. The molecule has 1 amide bonds. The number of phenolic OH excluding ortho intramolecular Hbond substituents is 2. The van der Waals surface area contributed by atoms with Crippen molar-refractivity contribution in [2.75, 3.05) is 6.54 Å². The summed E-state index contributed by atoms with van der Waals surface area (Å²) in [6.07, 6.45) is 1.28. The lowest BCUT2D eigenvalue weighted by Gasteiger charge is -2.18. The topological polar surface area (TPSA) is 110 Å². The van der Waals surface area contributed by atoms with Crippen molar-refractivity contribution in [3.8, 4) is 11.5 Å². The summed E-state index contributed by atoms with van der Waals surface area (Å²) >= 11 is 0. The van der Waals surface area contributed by atoms with Gasteiger partial charge in [-0.15, -0.1) is 0 Å². The van der Waals surface area contributed by atoms with Crippen molar-refractivity contribution >= 4 is 11.9 Å². The maximum Gasteiger partial charge on any atom is 0.320 e. The number of carboxylic acids is 1. The van der Waals surface area contributed by atoms with E-state index in [1.807, 2.05) is 39.8 Å². The van der Waals surface area contributed by atoms with Crippen LogP contribution in [0.25, 0.3) is 0 Å². The number of hydrogen-bond acceptors (Lipinski definition) is 5. The third-order valence-electron chi connectivity index (χ3n) is 6.09. The summed E-state index contributed by atoms with van der Waals surface area (Å²) in [7, 11) is 0. The van der Waals surface area contributed by atoms with Gasteiger partial charge in [0.15, 0.2) is 0 Å². The first-order valence-corrected chi connectivity index (χ1v) is 11.5. The van der Waals surface area contributed by atoms with Gasteiger partial charge in [-0.3, -0.25) is 9.59 Å². The fourth-order valence-corrected chi connectivity index (χ4v) is 4.28. The summed E-state index contributed by atoms with van der Waals surface area (Å²) < 4.78 is 0. The van der Waals surface area contributed by atoms with Gasteiger partial charge in [-0.1, -0.05) is 45.9 Å². The first kappa shape index (κ1) is 24.6. The summed E-state index contributed by atoms with van der Waals surface area (Å²) in [6.45, 7) is 9.31. The number of phenols is 2. The number of carbonyl (C=O) groups is 2. The Morgan fingerprint density at radius 2 is 1.70 bits per heavy atom. The minimum atomic E-state index is -0.829. The van der Waals surface area contributed by atoms with Crippen LogP contribution in [0.3, 0.4) is 0 Å². The van der Waals surface area contributed by atoms with E-state index >= 15 is 0 Å². The van der Waals surface area contributed by atoms with Crippen LogP contribution in [-0.2, 0) is 24.3 Å². The molecule has 2 aromatic rings. The number of carbonyl (C=O) groups excluding carboxylic acids is 1. The Labute approximate surface area is 195 Å². The van der Waals surface area contributed by atoms with Gasteiger partial charge in [-0.05, 0) is 59.5 Å². The van der Waals surface area contributed by atoms with Crippen molar-refractivity contribution in [2.45, 2.75) is 65.6 Å². The molecule has 4 N–H and O–H groups in total. The molecule has 0 aliphatic carbocycles. The zero-order valence-electron chi connectivity index (χ0n) is 19.8. The molecule has 0 aromatic heterocycles. The van der Waals surface area contributed by atoms with E-state index in [4.69, 9.17) is 0 Å². The van der Waals surface area contributed by atoms with Crippen molar-refractivity contribution in [2.24, 2.45) is 5.92 Å². The first-order valence-electron chi connectivity index (χ1n) is 11.5. The minimum absolute atomic E-state index is 0.0134. The molecule has 7 nitrogen and oxygen atoms in total. The molecule has 178 valence electrons. The van der Waals surface area contributed by atoms with Crippen LogP contribution in [0, 0.1) is 5.92 Å². The van der Waals surface area contributed by atoms with Gasteiger partial charge < -0.3 is 25.5 Å². The first-order chi connectivity index (χ1) is 15.6. The number of aromatic hydroxyl groups is 2. The van der Waals surface area contributed by atoms with E-state index in [9.17, 15) is 24.9 Å². The number of carboxylic acid groups (broad SMARTS) is 1. The van der Waals surface area contributed by atoms with Crippen LogP contribution in [-0.4, -0.2) is 44.7 Å². The molecule has 33 heavy (non-hydrogen) atoms. The van der Waals surface area contributed by atoms with E-state index in [0.29, 0.717) is 44.0 Å². The van der Waals surface area contributed by atoms with E-state index in [1.165, 1.54) is 6.07 Å². The molecule has 0 saturated heterocycles. The van der Waals surface area contributed by atoms with Gasteiger partial charge in [0.1, 0.15) is 17.5 Å². The molecule has 0 bridgehead atoms. The van der Waals surface area contributed by atoms with E-state index in [-0.39, 0.29) is 28.9 Å². The number of fused-ring (bicyclic) bond motifs is 1. The van der Waals surface area contributed by atoms with Gasteiger partial charge in [-0.2, -0.15) is 0 Å². The van der Waals surface area contributed by atoms with E-state index in [2.05, 4.69) is 11.4 Å². The molecule has 1 aliphatic rings. The summed E-state index contributed by atoms with van der Waals surface area (Å²) in [5, 5.41) is 32.8. The molecule has 3 rings (SSSR count). The minimum Gasteiger partial charge on any atom is -0.508 e. The van der Waals surface area contributed by atoms with Gasteiger partial charge in [0, 0.05) is 19.2 Å². The van der Waals surface area contributed by atoms with Crippen molar-refractivity contribution in [3.05, 3.63) is 58.1 Å². The molecule has 0 saturated carbocycles. The average Bonchev–Trinajstić information content (AvgIpc) is 3.15. The fourth-order valence-electron chi connectivity index (χ4n) is 4.28. The van der Waals surface area contributed by atoms with Crippen molar-refractivity contribution < 1.29 is 24.9 Å². The molecule has 2 aromatic carbocycles. The quantitative estimate of drug-likeness (QED) is 0.456. The van der Waals surface area contributed by atoms with Crippen LogP contribution in [0.5, 0.6) is 11.5 Å². The Kier molecular flexibility index (Phi) is 7.64. The second kappa shape index (κ2) is 10.3. The normalized spacial score (nSPS) is 14.1. The Morgan fingerprint density at radius 3 is 2.33 bits per heavy atom. The standard InChI is InChI=1S/C26H34N2O5/c1-15(2)9-22(26(32)33)27-8-7-17-5-6-18-13-28(14-19(18)10-17)25(31)21-11-20(16(3)4)23(29)12-24(21)30/h5-6,10-12,15-16,22,27,29-30H,7-9,13-14H2,1-4H3,(H,32,33)/t22-/m1/s1. The third-order valence-corrected chi connectivity index (χ3v) is 6.09. The molecule has 0 radical (unpaired) electrons. The van der Waals surface area contributed by atoms with Crippen LogP contribution >= 0.6 is 0 Å². The van der Waals surface area contributed by atoms with Crippen LogP contribution in [0.4, 0.5) is 0 Å². The van der Waals surface area contributed by atoms with E-state index in [1.54, 1.807) is 11.0 Å². The van der Waals surface area contributed by atoms with Crippen LogP contribution < -0.4 is 5.32 Å². The maximum absolute atomic E-state index is 13.1. The van der Waals surface area contributed by atoms with Gasteiger partial charge in [0.25, 0.3) is 5.91 Å². The Bertz CT molecular complexity index is 1030. The zero-order valence-corrected chi connectivity index (χ0v) is 19.8. The third kappa shape index (κ3) is 5.85. The zero-order chi connectivity index (χ0) is 24.3. The summed E-state index contributed by atoms with van der Waals surface area (Å²) in [4.78, 5) is 26.2. The number of aliphatic carboxylic acids is 1. The number of nitrogens with zero attached hydrogens (tertiary/aromatic N) is 1. The number of rotatable bonds is 9. The molecule has 7 heteroatoms. The van der Waals surface area contributed by atoms with E-state index < -0.39 is 12.0 Å². The monoisotopic (exact) mass is 454 g/mol. The lowest BCUT2D eigenvalue weighted by atomic mass is 9.98. The summed E-state index contributed by atoms with van der Waals surface area (Å²) in [6, 6.07) is 8.35. The Balaban J connectivity index is 1.66. The molecule has 0 spiro atoms. The number of amides is 1. The summed E-state index contributed by atoms with van der Waals surface area (Å²) in [5.41, 5.74) is 4.02. The van der Waals surface area contributed by atoms with Crippen molar-refractivity contribution in [1.29, 1.82) is 0 Å². The number of benzene rings is 2. The molecule has 0 unspecified atom stereocenters. The number of nitrogens with one attached hydrogen (secondary N) is 1. The highest BCUT2D eigenvalue weighted by atomic mass is 16.4. The smallest absolute Gasteiger partial charge is 0.320 e. The highest BCUT2D eigenvalue weighted by molar-refractivity contribution is 5.97. The number of hydrogen-bond donors (Lipinski definition) is 4. The van der Waals surface area contributed by atoms with E-state index in [0.717, 1.165) is 16.7 Å². The van der Waals surface area contributed by atoms with Gasteiger partial charge >= 0.3 is 5.97 Å². The molecule has 1 heterocycles. The van der Waals surface area contributed by atoms with Crippen LogP contribution in [0.15, 0.2) is 30.3 Å². The van der Waals surface area contributed by atoms with Crippen LogP contribution in [0.1, 0.15) is 72.6 Å². The summed E-state index contributed by atoms with van der Waals surface area (Å²) in [5.74, 6) is -1.02. The van der Waals surface area contributed by atoms with Crippen molar-refractivity contribution in [1.82, 2.24) is 10.2 Å². The Morgan fingerprint density at radius 1 is 1.00 bits per heavy atom. The molecular formula is C26H34N2O5. The maximum atomic E-state index is 13.1. The fraction of sp³-hybridized carbons (Fsp3) is 0.462. The second-order valence-corrected chi connectivity index (χ2v) is 9.57. The van der Waals surface area contributed by atoms with Gasteiger partial charge in [-0.25, -0.2) is 0 Å². The van der Waals surface area contributed by atoms with Gasteiger partial charge in [0.05, 0.1) is 5.56 Å². The lowest BCUT2D eigenvalue weighted by Crippen LogP contribution is -2.38. The largest absolute Gasteiger partial charge is 0.508 e. The predicted molar refractivity (Wildman–Crippen MR) is 126 cm³/mol. The molecular weight excluding hydrogens is 420 g/mol. The molecule has 0 fully saturated rings. The highest BCUT2D eigenvalue weighted by Crippen LogP contribution is 2.34. The highest BCUT2D eigenvalue weighted by Gasteiger charge is 2.27. The predicted octanol–water partition coefficient (Wildman–Crippen LogP) is 4.01. The van der Waals surface area contributed by atoms with Crippen molar-refractivity contribution in [3.63, 3.8) is 0 Å². The van der Waals surface area contributed by atoms with Crippen LogP contribution in [0.2, 0.25) is 0 Å². The second-order valence-electron chi connectivity index (χ2n) is 9.57. The Hall–Kier alpha value is -3.06. The molecule has 1 aliphatic heterocycles. The van der Waals surface area contributed by atoms with Gasteiger partial charge in [0.2, 0.25) is 0 Å². The SMILES string of the molecule is CC(C)C[C@@H](NCCc1ccc2c(c1)CN(C(=O)c1cc(C(C)C)c(O)cc1O)C2)C(=O)O.